The van der Waals surface area contributed by atoms with Gasteiger partial charge in [0.15, 0.2) is 12.0 Å². The van der Waals surface area contributed by atoms with Gasteiger partial charge in [-0.25, -0.2) is 0 Å². The molecule has 1 saturated heterocycles. The monoisotopic (exact) mass is 203 g/mol. The molecule has 0 saturated carbocycles. The summed E-state index contributed by atoms with van der Waals surface area (Å²) in [7, 11) is 0. The molecule has 1 heterocycles. The molecule has 0 radical (unpaired) electrons. The van der Waals surface area contributed by atoms with Crippen molar-refractivity contribution in [3.05, 3.63) is 42.0 Å². The summed E-state index contributed by atoms with van der Waals surface area (Å²) in [5.74, 6) is -0.0312. The molecule has 1 N–H and O–H groups in total. The number of ketones is 1. The normalized spacial score (nSPS) is 20.9. The second-order valence-electron chi connectivity index (χ2n) is 3.35. The predicted octanol–water partition coefficient (Wildman–Crippen LogP) is 1.21. The minimum atomic E-state index is -0.454. The van der Waals surface area contributed by atoms with Gasteiger partial charge in [-0.3, -0.25) is 10.1 Å². The minimum absolute atomic E-state index is 0.0312. The maximum Gasteiger partial charge on any atom is 0.199 e. The van der Waals surface area contributed by atoms with Gasteiger partial charge in [-0.1, -0.05) is 36.4 Å². The highest BCUT2D eigenvalue weighted by Crippen LogP contribution is 2.03. The third-order valence-electron chi connectivity index (χ3n) is 2.21. The molecular formula is C12H13NO2. The summed E-state index contributed by atoms with van der Waals surface area (Å²) < 4.78 is 5.19. The molecule has 1 aromatic carbocycles. The fraction of sp³-hybridized carbons (Fsp3) is 0.250. The molecule has 2 rings (SSSR count). The summed E-state index contributed by atoms with van der Waals surface area (Å²) in [6, 6.07) is 9.73. The lowest BCUT2D eigenvalue weighted by Crippen LogP contribution is -2.30. The van der Waals surface area contributed by atoms with Gasteiger partial charge >= 0.3 is 0 Å². The zero-order valence-electron chi connectivity index (χ0n) is 8.35. The summed E-state index contributed by atoms with van der Waals surface area (Å²) in [5, 5.41) is 2.97. The van der Waals surface area contributed by atoms with Crippen molar-refractivity contribution in [3.63, 3.8) is 0 Å². The molecule has 78 valence electrons. The van der Waals surface area contributed by atoms with Crippen LogP contribution in [0.15, 0.2) is 36.4 Å². The van der Waals surface area contributed by atoms with Crippen molar-refractivity contribution in [1.29, 1.82) is 0 Å². The first-order valence-corrected chi connectivity index (χ1v) is 4.98. The van der Waals surface area contributed by atoms with Crippen LogP contribution in [0.1, 0.15) is 5.56 Å². The Hall–Kier alpha value is -1.45. The molecule has 0 spiro atoms. The van der Waals surface area contributed by atoms with Gasteiger partial charge in [0.05, 0.1) is 6.61 Å². The first-order valence-electron chi connectivity index (χ1n) is 4.98. The van der Waals surface area contributed by atoms with Crippen molar-refractivity contribution in [2.24, 2.45) is 0 Å². The van der Waals surface area contributed by atoms with Crippen molar-refractivity contribution in [2.45, 2.75) is 6.23 Å². The summed E-state index contributed by atoms with van der Waals surface area (Å²) >= 11 is 0. The van der Waals surface area contributed by atoms with Crippen LogP contribution in [0, 0.1) is 0 Å². The molecule has 1 fully saturated rings. The Morgan fingerprint density at radius 2 is 2.20 bits per heavy atom. The highest BCUT2D eigenvalue weighted by Gasteiger charge is 2.19. The summed E-state index contributed by atoms with van der Waals surface area (Å²) in [4.78, 5) is 11.5. The van der Waals surface area contributed by atoms with Crippen LogP contribution < -0.4 is 5.32 Å². The molecule has 0 bridgehead atoms. The van der Waals surface area contributed by atoms with Crippen LogP contribution in [0.2, 0.25) is 0 Å². The molecule has 0 amide bonds. The van der Waals surface area contributed by atoms with E-state index in [1.807, 2.05) is 30.3 Å². The van der Waals surface area contributed by atoms with Gasteiger partial charge in [-0.2, -0.15) is 0 Å². The number of benzene rings is 1. The zero-order chi connectivity index (χ0) is 10.5. The Morgan fingerprint density at radius 1 is 1.40 bits per heavy atom. The predicted molar refractivity (Wildman–Crippen MR) is 58.2 cm³/mol. The van der Waals surface area contributed by atoms with Crippen LogP contribution in [0.3, 0.4) is 0 Å². The molecule has 1 aliphatic rings. The van der Waals surface area contributed by atoms with E-state index in [2.05, 4.69) is 5.32 Å². The Bertz CT molecular complexity index is 353. The van der Waals surface area contributed by atoms with Crippen molar-refractivity contribution < 1.29 is 9.53 Å². The number of carbonyl (C=O) groups is 1. The zero-order valence-corrected chi connectivity index (χ0v) is 8.35. The van der Waals surface area contributed by atoms with Gasteiger partial charge in [0.25, 0.3) is 0 Å². The number of nitrogens with one attached hydrogen (secondary N) is 1. The smallest absolute Gasteiger partial charge is 0.199 e. The van der Waals surface area contributed by atoms with Gasteiger partial charge in [-0.15, -0.1) is 0 Å². The summed E-state index contributed by atoms with van der Waals surface area (Å²) in [5.41, 5.74) is 1.02. The average molecular weight is 203 g/mol. The molecule has 1 aromatic rings. The van der Waals surface area contributed by atoms with E-state index in [0.29, 0.717) is 6.61 Å². The fourth-order valence-corrected chi connectivity index (χ4v) is 1.44. The maximum absolute atomic E-state index is 11.5. The van der Waals surface area contributed by atoms with Crippen LogP contribution in [-0.2, 0) is 9.53 Å². The molecule has 3 nitrogen and oxygen atoms in total. The first-order chi connectivity index (χ1) is 7.36. The molecule has 0 aromatic heterocycles. The molecule has 15 heavy (non-hydrogen) atoms. The van der Waals surface area contributed by atoms with Gasteiger partial charge in [0.2, 0.25) is 0 Å². The molecular weight excluding hydrogens is 190 g/mol. The molecule has 3 heteroatoms. The van der Waals surface area contributed by atoms with Crippen molar-refractivity contribution in [2.75, 3.05) is 13.2 Å². The topological polar surface area (TPSA) is 38.3 Å². The van der Waals surface area contributed by atoms with E-state index >= 15 is 0 Å². The van der Waals surface area contributed by atoms with Crippen molar-refractivity contribution in [3.8, 4) is 0 Å². The van der Waals surface area contributed by atoms with Crippen LogP contribution in [0.25, 0.3) is 6.08 Å². The second kappa shape index (κ2) is 4.87. The largest absolute Gasteiger partial charge is 0.354 e. The van der Waals surface area contributed by atoms with E-state index < -0.39 is 6.23 Å². The first kappa shape index (κ1) is 10.1. The van der Waals surface area contributed by atoms with Crippen LogP contribution in [-0.4, -0.2) is 25.2 Å². The number of rotatable bonds is 3. The number of hydrogen-bond donors (Lipinski definition) is 1. The summed E-state index contributed by atoms with van der Waals surface area (Å²) in [6.45, 7) is 1.35. The Balaban J connectivity index is 1.96. The van der Waals surface area contributed by atoms with E-state index in [-0.39, 0.29) is 5.78 Å². The second-order valence-corrected chi connectivity index (χ2v) is 3.35. The highest BCUT2D eigenvalue weighted by molar-refractivity contribution is 5.96. The number of carbonyl (C=O) groups excluding carboxylic acids is 1. The van der Waals surface area contributed by atoms with Gasteiger partial charge < -0.3 is 4.74 Å². The van der Waals surface area contributed by atoms with Crippen LogP contribution >= 0.6 is 0 Å². The van der Waals surface area contributed by atoms with E-state index in [0.717, 1.165) is 12.1 Å². The molecule has 1 unspecified atom stereocenters. The summed E-state index contributed by atoms with van der Waals surface area (Å²) in [6.07, 6.45) is 2.90. The Labute approximate surface area is 88.8 Å². The van der Waals surface area contributed by atoms with E-state index in [9.17, 15) is 4.79 Å². The molecule has 0 aliphatic carbocycles. The minimum Gasteiger partial charge on any atom is -0.354 e. The van der Waals surface area contributed by atoms with Gasteiger partial charge in [0.1, 0.15) is 0 Å². The van der Waals surface area contributed by atoms with Crippen molar-refractivity contribution >= 4 is 11.9 Å². The quantitative estimate of drug-likeness (QED) is 0.750. The Kier molecular flexibility index (Phi) is 3.27. The van der Waals surface area contributed by atoms with E-state index in [1.165, 1.54) is 0 Å². The maximum atomic E-state index is 11.5. The average Bonchev–Trinajstić information content (AvgIpc) is 2.81. The lowest BCUT2D eigenvalue weighted by molar-refractivity contribution is -0.123. The Morgan fingerprint density at radius 3 is 2.87 bits per heavy atom. The number of ether oxygens (including phenoxy) is 1. The van der Waals surface area contributed by atoms with Gasteiger partial charge in [-0.05, 0) is 11.6 Å². The standard InChI is InChI=1S/C12H13NO2/c14-11(12-13-8-9-15-12)7-6-10-4-2-1-3-5-10/h1-7,12-13H,8-9H2. The lowest BCUT2D eigenvalue weighted by Gasteiger charge is -2.03. The third kappa shape index (κ3) is 2.75. The molecule has 1 aliphatic heterocycles. The van der Waals surface area contributed by atoms with Crippen molar-refractivity contribution in [1.82, 2.24) is 5.32 Å². The molecule has 1 atom stereocenters. The lowest BCUT2D eigenvalue weighted by atomic mass is 10.2. The number of hydrogen-bond acceptors (Lipinski definition) is 3. The van der Waals surface area contributed by atoms with E-state index in [1.54, 1.807) is 12.2 Å². The fourth-order valence-electron chi connectivity index (χ4n) is 1.44. The van der Waals surface area contributed by atoms with E-state index in [4.69, 9.17) is 4.74 Å². The van der Waals surface area contributed by atoms with Crippen LogP contribution in [0.5, 0.6) is 0 Å². The van der Waals surface area contributed by atoms with Gasteiger partial charge in [0, 0.05) is 6.54 Å². The highest BCUT2D eigenvalue weighted by atomic mass is 16.5. The van der Waals surface area contributed by atoms with Crippen LogP contribution in [0.4, 0.5) is 0 Å². The third-order valence-corrected chi connectivity index (χ3v) is 2.21. The SMILES string of the molecule is O=C(C=Cc1ccccc1)C1NCCO1.